The maximum atomic E-state index is 11.5. The van der Waals surface area contributed by atoms with Crippen molar-refractivity contribution in [1.82, 2.24) is 5.32 Å². The highest BCUT2D eigenvalue weighted by Crippen LogP contribution is 2.14. The van der Waals surface area contributed by atoms with Gasteiger partial charge in [0.15, 0.2) is 11.8 Å². The lowest BCUT2D eigenvalue weighted by Crippen LogP contribution is -2.43. The molecule has 0 radical (unpaired) electrons. The van der Waals surface area contributed by atoms with Crippen LogP contribution in [0.4, 0.5) is 0 Å². The third kappa shape index (κ3) is 6.68. The average Bonchev–Trinajstić information content (AvgIpc) is 2.13. The maximum absolute atomic E-state index is 11.5. The fourth-order valence-electron chi connectivity index (χ4n) is 0.906. The van der Waals surface area contributed by atoms with E-state index < -0.39 is 23.3 Å². The SMILES string of the molecule is CC(=O)NC(COCC(=O)C(C)(C)C)C(=O)O. The first-order valence-electron chi connectivity index (χ1n) is 5.25. The number of amides is 1. The van der Waals surface area contributed by atoms with Crippen molar-refractivity contribution in [3.8, 4) is 0 Å². The molecule has 6 heteroatoms. The largest absolute Gasteiger partial charge is 0.480 e. The van der Waals surface area contributed by atoms with Crippen molar-refractivity contribution in [3.63, 3.8) is 0 Å². The van der Waals surface area contributed by atoms with E-state index in [1.807, 2.05) is 0 Å². The third-order valence-corrected chi connectivity index (χ3v) is 2.03. The molecule has 0 bridgehead atoms. The van der Waals surface area contributed by atoms with Gasteiger partial charge in [-0.2, -0.15) is 0 Å². The van der Waals surface area contributed by atoms with Crippen LogP contribution in [0, 0.1) is 5.41 Å². The lowest BCUT2D eigenvalue weighted by molar-refractivity contribution is -0.144. The summed E-state index contributed by atoms with van der Waals surface area (Å²) in [6.45, 7) is 6.09. The molecule has 0 saturated carbocycles. The highest BCUT2D eigenvalue weighted by atomic mass is 16.5. The zero-order valence-corrected chi connectivity index (χ0v) is 10.6. The van der Waals surface area contributed by atoms with Gasteiger partial charge in [0.2, 0.25) is 5.91 Å². The molecule has 0 fully saturated rings. The van der Waals surface area contributed by atoms with Crippen molar-refractivity contribution in [2.75, 3.05) is 13.2 Å². The fourth-order valence-corrected chi connectivity index (χ4v) is 0.906. The van der Waals surface area contributed by atoms with Crippen molar-refractivity contribution >= 4 is 17.7 Å². The van der Waals surface area contributed by atoms with Crippen molar-refractivity contribution in [2.45, 2.75) is 33.7 Å². The predicted molar refractivity (Wildman–Crippen MR) is 60.5 cm³/mol. The van der Waals surface area contributed by atoms with Crippen LogP contribution in [0.3, 0.4) is 0 Å². The van der Waals surface area contributed by atoms with E-state index in [0.29, 0.717) is 0 Å². The Morgan fingerprint density at radius 3 is 2.18 bits per heavy atom. The minimum atomic E-state index is -1.19. The number of hydrogen-bond donors (Lipinski definition) is 2. The van der Waals surface area contributed by atoms with E-state index in [1.54, 1.807) is 20.8 Å². The van der Waals surface area contributed by atoms with E-state index in [2.05, 4.69) is 5.32 Å². The summed E-state index contributed by atoms with van der Waals surface area (Å²) in [6.07, 6.45) is 0. The Morgan fingerprint density at radius 2 is 1.82 bits per heavy atom. The monoisotopic (exact) mass is 245 g/mol. The Balaban J connectivity index is 4.12. The van der Waals surface area contributed by atoms with Gasteiger partial charge in [0, 0.05) is 12.3 Å². The van der Waals surface area contributed by atoms with Crippen molar-refractivity contribution in [1.29, 1.82) is 0 Å². The standard InChI is InChI=1S/C11H19NO5/c1-7(13)12-8(10(15)16)5-17-6-9(14)11(2,3)4/h8H,5-6H2,1-4H3,(H,12,13)(H,15,16). The first-order valence-corrected chi connectivity index (χ1v) is 5.25. The number of Topliss-reactive ketones (excluding diaryl/α,β-unsaturated/α-hetero) is 1. The Kier molecular flexibility index (Phi) is 5.81. The van der Waals surface area contributed by atoms with Gasteiger partial charge in [0.1, 0.15) is 6.61 Å². The van der Waals surface area contributed by atoms with Gasteiger partial charge in [0.25, 0.3) is 0 Å². The average molecular weight is 245 g/mol. The zero-order valence-electron chi connectivity index (χ0n) is 10.6. The van der Waals surface area contributed by atoms with E-state index in [0.717, 1.165) is 0 Å². The summed E-state index contributed by atoms with van der Waals surface area (Å²) in [7, 11) is 0. The summed E-state index contributed by atoms with van der Waals surface area (Å²) in [5.41, 5.74) is -0.521. The molecule has 0 aromatic carbocycles. The van der Waals surface area contributed by atoms with Gasteiger partial charge in [-0.05, 0) is 0 Å². The Bertz CT molecular complexity index is 305. The molecule has 0 aromatic rings. The number of rotatable bonds is 6. The smallest absolute Gasteiger partial charge is 0.328 e. The van der Waals surface area contributed by atoms with Gasteiger partial charge in [-0.1, -0.05) is 20.8 Å². The molecule has 0 aromatic heterocycles. The second-order valence-corrected chi connectivity index (χ2v) is 4.78. The summed E-state index contributed by atoms with van der Waals surface area (Å²) in [4.78, 5) is 32.9. The highest BCUT2D eigenvalue weighted by molar-refractivity contribution is 5.85. The first-order chi connectivity index (χ1) is 7.64. The van der Waals surface area contributed by atoms with E-state index >= 15 is 0 Å². The fraction of sp³-hybridized carbons (Fsp3) is 0.727. The number of ether oxygens (including phenoxy) is 1. The molecule has 98 valence electrons. The van der Waals surface area contributed by atoms with Crippen LogP contribution in [0.15, 0.2) is 0 Å². The number of carbonyl (C=O) groups is 3. The molecule has 6 nitrogen and oxygen atoms in total. The molecular weight excluding hydrogens is 226 g/mol. The van der Waals surface area contributed by atoms with Crippen LogP contribution in [0.2, 0.25) is 0 Å². The van der Waals surface area contributed by atoms with E-state index in [9.17, 15) is 14.4 Å². The molecule has 0 aliphatic rings. The van der Waals surface area contributed by atoms with Gasteiger partial charge in [-0.25, -0.2) is 4.79 Å². The molecule has 0 heterocycles. The van der Waals surface area contributed by atoms with Crippen LogP contribution in [0.25, 0.3) is 0 Å². The van der Waals surface area contributed by atoms with Crippen molar-refractivity contribution in [2.24, 2.45) is 5.41 Å². The molecule has 2 N–H and O–H groups in total. The van der Waals surface area contributed by atoms with Gasteiger partial charge in [0.05, 0.1) is 6.61 Å². The molecule has 0 rings (SSSR count). The maximum Gasteiger partial charge on any atom is 0.328 e. The van der Waals surface area contributed by atoms with Crippen LogP contribution in [-0.2, 0) is 19.1 Å². The van der Waals surface area contributed by atoms with Crippen LogP contribution in [-0.4, -0.2) is 42.0 Å². The summed E-state index contributed by atoms with van der Waals surface area (Å²) in [6, 6.07) is -1.12. The quantitative estimate of drug-likeness (QED) is 0.697. The second-order valence-electron chi connectivity index (χ2n) is 4.78. The van der Waals surface area contributed by atoms with Crippen LogP contribution >= 0.6 is 0 Å². The number of carboxylic acid groups (broad SMARTS) is 1. The minimum Gasteiger partial charge on any atom is -0.480 e. The molecule has 0 aliphatic heterocycles. The van der Waals surface area contributed by atoms with Gasteiger partial charge in [-0.15, -0.1) is 0 Å². The molecule has 1 amide bonds. The van der Waals surface area contributed by atoms with Crippen molar-refractivity contribution in [3.05, 3.63) is 0 Å². The molecule has 0 spiro atoms. The number of ketones is 1. The third-order valence-electron chi connectivity index (χ3n) is 2.03. The summed E-state index contributed by atoms with van der Waals surface area (Å²) >= 11 is 0. The number of aliphatic carboxylic acids is 1. The summed E-state index contributed by atoms with van der Waals surface area (Å²) in [5.74, 6) is -1.77. The van der Waals surface area contributed by atoms with Crippen molar-refractivity contribution < 1.29 is 24.2 Å². The normalized spacial score (nSPS) is 12.9. The number of carboxylic acids is 1. The number of carbonyl (C=O) groups excluding carboxylic acids is 2. The Hall–Kier alpha value is -1.43. The lowest BCUT2D eigenvalue weighted by Gasteiger charge is -2.18. The zero-order chi connectivity index (χ0) is 13.6. The minimum absolute atomic E-state index is 0.121. The second kappa shape index (κ2) is 6.34. The van der Waals surface area contributed by atoms with Gasteiger partial charge < -0.3 is 15.2 Å². The van der Waals surface area contributed by atoms with Gasteiger partial charge >= 0.3 is 5.97 Å². The number of hydrogen-bond acceptors (Lipinski definition) is 4. The highest BCUT2D eigenvalue weighted by Gasteiger charge is 2.23. The molecule has 0 aliphatic carbocycles. The molecule has 1 unspecified atom stereocenters. The van der Waals surface area contributed by atoms with Crippen LogP contribution in [0.5, 0.6) is 0 Å². The van der Waals surface area contributed by atoms with E-state index in [4.69, 9.17) is 9.84 Å². The van der Waals surface area contributed by atoms with E-state index in [1.165, 1.54) is 6.92 Å². The Labute approximate surface area is 100 Å². The molecule has 0 saturated heterocycles. The molecule has 1 atom stereocenters. The van der Waals surface area contributed by atoms with E-state index in [-0.39, 0.29) is 19.0 Å². The first kappa shape index (κ1) is 15.6. The van der Waals surface area contributed by atoms with Crippen LogP contribution < -0.4 is 5.32 Å². The predicted octanol–water partition coefficient (Wildman–Crippen LogP) is 0.207. The molecular formula is C11H19NO5. The lowest BCUT2D eigenvalue weighted by atomic mass is 9.91. The van der Waals surface area contributed by atoms with Gasteiger partial charge in [-0.3, -0.25) is 9.59 Å². The number of nitrogens with one attached hydrogen (secondary N) is 1. The summed E-state index contributed by atoms with van der Waals surface area (Å²) in [5, 5.41) is 11.0. The van der Waals surface area contributed by atoms with Crippen LogP contribution in [0.1, 0.15) is 27.7 Å². The summed E-state index contributed by atoms with van der Waals surface area (Å²) < 4.78 is 5.00. The molecule has 17 heavy (non-hydrogen) atoms. The topological polar surface area (TPSA) is 92.7 Å². The Morgan fingerprint density at radius 1 is 1.29 bits per heavy atom.